The molecule has 3 aliphatic rings. The van der Waals surface area contributed by atoms with Crippen molar-refractivity contribution in [1.29, 1.82) is 5.26 Å². The molecule has 5 unspecified atom stereocenters. The molecule has 0 heterocycles. The molecule has 2 fully saturated rings. The second kappa shape index (κ2) is 7.03. The maximum absolute atomic E-state index is 11.4. The summed E-state index contributed by atoms with van der Waals surface area (Å²) in [7, 11) is -4.02. The van der Waals surface area contributed by atoms with Gasteiger partial charge in [-0.05, 0) is 96.8 Å². The quantitative estimate of drug-likeness (QED) is 0.816. The first-order valence-corrected chi connectivity index (χ1v) is 12.0. The van der Waals surface area contributed by atoms with E-state index in [-0.39, 0.29) is 0 Å². The molecule has 4 rings (SSSR count). The molecule has 0 bridgehead atoms. The molecule has 152 valence electrons. The van der Waals surface area contributed by atoms with Crippen LogP contribution in [0.15, 0.2) is 12.1 Å². The van der Waals surface area contributed by atoms with Gasteiger partial charge in [-0.25, -0.2) is 0 Å². The van der Waals surface area contributed by atoms with Gasteiger partial charge < -0.3 is 4.18 Å². The number of nitriles is 1. The molecule has 6 heteroatoms. The van der Waals surface area contributed by atoms with Crippen LogP contribution in [-0.4, -0.2) is 8.42 Å². The fraction of sp³-hybridized carbons (Fsp3) is 0.682. The lowest BCUT2D eigenvalue weighted by atomic mass is 9.54. The van der Waals surface area contributed by atoms with Crippen molar-refractivity contribution in [3.63, 3.8) is 0 Å². The molecule has 0 aliphatic heterocycles. The van der Waals surface area contributed by atoms with Gasteiger partial charge in [0.25, 0.3) is 0 Å². The number of benzene rings is 1. The zero-order valence-corrected chi connectivity index (χ0v) is 17.6. The van der Waals surface area contributed by atoms with Gasteiger partial charge in [0.05, 0.1) is 6.07 Å². The van der Waals surface area contributed by atoms with Crippen LogP contribution in [0.2, 0.25) is 0 Å². The SMILES string of the molecule is CCc1cc2c(cc1OS(N)(=O)=O)CCC1C2CCC2(C)C(CC#N)CCC12. The molecule has 5 atom stereocenters. The predicted molar refractivity (Wildman–Crippen MR) is 108 cm³/mol. The lowest BCUT2D eigenvalue weighted by Gasteiger charge is -2.51. The van der Waals surface area contributed by atoms with E-state index < -0.39 is 10.3 Å². The fourth-order valence-corrected chi connectivity index (χ4v) is 7.08. The topological polar surface area (TPSA) is 93.2 Å². The summed E-state index contributed by atoms with van der Waals surface area (Å²) >= 11 is 0. The summed E-state index contributed by atoms with van der Waals surface area (Å²) in [5.41, 5.74) is 3.82. The van der Waals surface area contributed by atoms with Crippen LogP contribution in [-0.2, 0) is 23.1 Å². The van der Waals surface area contributed by atoms with Crippen LogP contribution in [0.1, 0.15) is 75.0 Å². The molecule has 0 aromatic heterocycles. The van der Waals surface area contributed by atoms with Crippen molar-refractivity contribution in [1.82, 2.24) is 0 Å². The number of aryl methyl sites for hydroxylation is 2. The Bertz CT molecular complexity index is 920. The second-order valence-electron chi connectivity index (χ2n) is 9.18. The van der Waals surface area contributed by atoms with Crippen molar-refractivity contribution in [2.45, 2.75) is 71.1 Å². The minimum atomic E-state index is -4.02. The first-order chi connectivity index (χ1) is 13.3. The Morgan fingerprint density at radius 3 is 2.75 bits per heavy atom. The summed E-state index contributed by atoms with van der Waals surface area (Å²) in [5, 5.41) is 14.4. The highest BCUT2D eigenvalue weighted by Gasteiger charge is 2.54. The van der Waals surface area contributed by atoms with Crippen molar-refractivity contribution in [3.05, 3.63) is 28.8 Å². The van der Waals surface area contributed by atoms with Crippen molar-refractivity contribution >= 4 is 10.3 Å². The molecule has 2 saturated carbocycles. The second-order valence-corrected chi connectivity index (χ2v) is 10.3. The van der Waals surface area contributed by atoms with Crippen LogP contribution in [0.25, 0.3) is 0 Å². The van der Waals surface area contributed by atoms with Gasteiger partial charge in [0.2, 0.25) is 0 Å². The van der Waals surface area contributed by atoms with Gasteiger partial charge in [-0.2, -0.15) is 18.8 Å². The van der Waals surface area contributed by atoms with E-state index in [1.54, 1.807) is 0 Å². The predicted octanol–water partition coefficient (Wildman–Crippen LogP) is 4.22. The molecule has 0 spiro atoms. The van der Waals surface area contributed by atoms with Gasteiger partial charge in [-0.3, -0.25) is 0 Å². The van der Waals surface area contributed by atoms with Gasteiger partial charge in [0, 0.05) is 6.42 Å². The van der Waals surface area contributed by atoms with Gasteiger partial charge >= 0.3 is 10.3 Å². The lowest BCUT2D eigenvalue weighted by molar-refractivity contribution is 0.0297. The summed E-state index contributed by atoms with van der Waals surface area (Å²) in [5.74, 6) is 2.84. The van der Waals surface area contributed by atoms with Crippen LogP contribution >= 0.6 is 0 Å². The Balaban J connectivity index is 1.67. The molecule has 0 radical (unpaired) electrons. The number of hydrogen-bond donors (Lipinski definition) is 1. The van der Waals surface area contributed by atoms with Gasteiger partial charge in [-0.1, -0.05) is 19.9 Å². The van der Waals surface area contributed by atoms with E-state index >= 15 is 0 Å². The van der Waals surface area contributed by atoms with Gasteiger partial charge in [0.15, 0.2) is 0 Å². The van der Waals surface area contributed by atoms with E-state index in [1.165, 1.54) is 30.4 Å². The van der Waals surface area contributed by atoms with E-state index in [0.717, 1.165) is 24.8 Å². The third kappa shape index (κ3) is 3.23. The Hall–Kier alpha value is -1.58. The molecule has 0 saturated heterocycles. The molecule has 5 nitrogen and oxygen atoms in total. The Morgan fingerprint density at radius 2 is 2.07 bits per heavy atom. The average Bonchev–Trinajstić information content (AvgIpc) is 2.96. The third-order valence-corrected chi connectivity index (χ3v) is 8.44. The first kappa shape index (κ1) is 19.7. The Morgan fingerprint density at radius 1 is 1.29 bits per heavy atom. The third-order valence-electron chi connectivity index (χ3n) is 8.03. The summed E-state index contributed by atoms with van der Waals surface area (Å²) in [4.78, 5) is 0. The van der Waals surface area contributed by atoms with Crippen molar-refractivity contribution in [2.75, 3.05) is 0 Å². The molecule has 0 amide bonds. The number of nitrogens with two attached hydrogens (primary N) is 1. The molecule has 1 aromatic carbocycles. The van der Waals surface area contributed by atoms with Gasteiger partial charge in [0.1, 0.15) is 5.75 Å². The average molecular weight is 403 g/mol. The van der Waals surface area contributed by atoms with Crippen molar-refractivity contribution in [3.8, 4) is 11.8 Å². The molecule has 2 N–H and O–H groups in total. The normalized spacial score (nSPS) is 34.1. The summed E-state index contributed by atoms with van der Waals surface area (Å²) in [6, 6.07) is 6.51. The minimum Gasteiger partial charge on any atom is -0.371 e. The summed E-state index contributed by atoms with van der Waals surface area (Å²) in [6.07, 6.45) is 8.26. The van der Waals surface area contributed by atoms with E-state index in [4.69, 9.17) is 9.32 Å². The fourth-order valence-electron chi connectivity index (χ4n) is 6.68. The maximum Gasteiger partial charge on any atom is 0.380 e. The Labute approximate surface area is 168 Å². The van der Waals surface area contributed by atoms with Crippen molar-refractivity contribution < 1.29 is 12.6 Å². The summed E-state index contributed by atoms with van der Waals surface area (Å²) < 4.78 is 28.0. The zero-order valence-electron chi connectivity index (χ0n) is 16.8. The monoisotopic (exact) mass is 402 g/mol. The highest BCUT2D eigenvalue weighted by molar-refractivity contribution is 7.84. The molecular weight excluding hydrogens is 372 g/mol. The van der Waals surface area contributed by atoms with Crippen LogP contribution in [0.3, 0.4) is 0 Å². The summed E-state index contributed by atoms with van der Waals surface area (Å²) in [6.45, 7) is 4.44. The van der Waals surface area contributed by atoms with E-state index in [9.17, 15) is 13.7 Å². The smallest absolute Gasteiger partial charge is 0.371 e. The van der Waals surface area contributed by atoms with E-state index in [2.05, 4.69) is 19.1 Å². The van der Waals surface area contributed by atoms with Crippen LogP contribution in [0.5, 0.6) is 5.75 Å². The van der Waals surface area contributed by atoms with Crippen molar-refractivity contribution in [2.24, 2.45) is 28.3 Å². The number of hydrogen-bond acceptors (Lipinski definition) is 4. The van der Waals surface area contributed by atoms with Crippen LogP contribution < -0.4 is 9.32 Å². The lowest BCUT2D eigenvalue weighted by Crippen LogP contribution is -2.42. The number of nitrogens with zero attached hydrogens (tertiary/aromatic N) is 1. The van der Waals surface area contributed by atoms with E-state index in [1.807, 2.05) is 13.0 Å². The van der Waals surface area contributed by atoms with Gasteiger partial charge in [-0.15, -0.1) is 0 Å². The largest absolute Gasteiger partial charge is 0.380 e. The number of fused-ring (bicyclic) bond motifs is 5. The minimum absolute atomic E-state index is 0.304. The first-order valence-electron chi connectivity index (χ1n) is 10.5. The maximum atomic E-state index is 11.4. The highest BCUT2D eigenvalue weighted by Crippen LogP contribution is 2.63. The van der Waals surface area contributed by atoms with Crippen LogP contribution in [0, 0.1) is 34.5 Å². The highest BCUT2D eigenvalue weighted by atomic mass is 32.2. The van der Waals surface area contributed by atoms with Crippen LogP contribution in [0.4, 0.5) is 0 Å². The number of rotatable bonds is 4. The molecule has 28 heavy (non-hydrogen) atoms. The Kier molecular flexibility index (Phi) is 4.96. The molecule has 3 aliphatic carbocycles. The molecular formula is C22H30N2O3S. The standard InChI is InChI=1S/C22H30N2O3S/c1-3-14-12-19-15(13-21(14)27-28(24,25)26)4-6-18-17(19)8-10-22(2)16(9-11-23)5-7-20(18)22/h12-13,16-18,20H,3-10H2,1-2H3,(H2,24,25,26). The molecule has 1 aromatic rings. The zero-order chi connectivity index (χ0) is 20.1. The van der Waals surface area contributed by atoms with E-state index in [0.29, 0.717) is 47.7 Å².